The minimum Gasteiger partial charge on any atom is -0.396 e. The summed E-state index contributed by atoms with van der Waals surface area (Å²) in [6, 6.07) is 14.1. The van der Waals surface area contributed by atoms with Gasteiger partial charge in [0.05, 0.1) is 28.6 Å². The molecule has 2 aromatic carbocycles. The van der Waals surface area contributed by atoms with Gasteiger partial charge in [-0.3, -0.25) is 14.4 Å². The molecule has 2 bridgehead atoms. The van der Waals surface area contributed by atoms with E-state index in [1.54, 1.807) is 32.9 Å². The maximum absolute atomic E-state index is 14.8. The van der Waals surface area contributed by atoms with Crippen molar-refractivity contribution in [1.29, 1.82) is 0 Å². The molecule has 3 aliphatic heterocycles. The van der Waals surface area contributed by atoms with Gasteiger partial charge in [-0.15, -0.1) is 13.2 Å². The number of alkyl halides is 1. The lowest BCUT2D eigenvalue weighted by Crippen LogP contribution is -2.57. The van der Waals surface area contributed by atoms with E-state index in [4.69, 9.17) is 16.3 Å². The number of halogens is 2. The van der Waals surface area contributed by atoms with Crippen LogP contribution < -0.4 is 4.90 Å². The zero-order valence-corrected chi connectivity index (χ0v) is 27.3. The molecule has 3 saturated heterocycles. The molecule has 0 radical (unpaired) electrons. The summed E-state index contributed by atoms with van der Waals surface area (Å²) in [7, 11) is 0. The fourth-order valence-corrected chi connectivity index (χ4v) is 8.53. The molecule has 6 atom stereocenters. The predicted molar refractivity (Wildman–Crippen MR) is 175 cm³/mol. The topological polar surface area (TPSA) is 90.4 Å². The molecule has 5 rings (SSSR count). The molecule has 3 amide bonds. The summed E-state index contributed by atoms with van der Waals surface area (Å²) in [5.74, 6) is -2.41. The van der Waals surface area contributed by atoms with E-state index < -0.39 is 29.6 Å². The molecule has 3 unspecified atom stereocenters. The predicted octanol–water partition coefficient (Wildman–Crippen LogP) is 4.90. The van der Waals surface area contributed by atoms with Crippen LogP contribution in [0.1, 0.15) is 30.4 Å². The summed E-state index contributed by atoms with van der Waals surface area (Å²) in [6.45, 7) is 10.7. The summed E-state index contributed by atoms with van der Waals surface area (Å²) < 4.78 is 6.74. The molecule has 3 aliphatic rings. The van der Waals surface area contributed by atoms with Gasteiger partial charge in [0.15, 0.2) is 0 Å². The molecule has 1 N–H and O–H groups in total. The summed E-state index contributed by atoms with van der Waals surface area (Å²) in [5.41, 5.74) is 1.11. The van der Waals surface area contributed by atoms with Crippen LogP contribution in [-0.2, 0) is 25.7 Å². The van der Waals surface area contributed by atoms with Crippen LogP contribution in [0, 0.1) is 18.8 Å². The second-order valence-corrected chi connectivity index (χ2v) is 13.3. The van der Waals surface area contributed by atoms with Gasteiger partial charge in [0, 0.05) is 37.6 Å². The molecule has 3 fully saturated rings. The first-order valence-corrected chi connectivity index (χ1v) is 16.3. The van der Waals surface area contributed by atoms with Crippen molar-refractivity contribution in [3.05, 3.63) is 90.0 Å². The molecule has 0 aromatic heterocycles. The summed E-state index contributed by atoms with van der Waals surface area (Å²) in [4.78, 5) is 48.3. The fraction of sp³-hybridized carbons (Fsp3) is 0.441. The number of carbonyl (C=O) groups excluding carboxylic acids is 3. The molecule has 3 heterocycles. The van der Waals surface area contributed by atoms with Crippen molar-refractivity contribution in [3.63, 3.8) is 0 Å². The van der Waals surface area contributed by atoms with Gasteiger partial charge >= 0.3 is 0 Å². The largest absolute Gasteiger partial charge is 0.396 e. The highest BCUT2D eigenvalue weighted by atomic mass is 79.9. The van der Waals surface area contributed by atoms with Crippen molar-refractivity contribution >= 4 is 50.9 Å². The van der Waals surface area contributed by atoms with Crippen LogP contribution in [0.2, 0.25) is 5.02 Å². The number of aliphatic hydroxyl groups is 1. The third-order valence-corrected chi connectivity index (χ3v) is 10.2. The monoisotopic (exact) mass is 683 g/mol. The summed E-state index contributed by atoms with van der Waals surface area (Å²) in [6.07, 6.45) is 4.10. The molecule has 10 heteroatoms. The number of hydrogen-bond donors (Lipinski definition) is 1. The Kier molecular flexibility index (Phi) is 9.99. The van der Waals surface area contributed by atoms with E-state index in [9.17, 15) is 19.5 Å². The third kappa shape index (κ3) is 5.64. The van der Waals surface area contributed by atoms with Gasteiger partial charge < -0.3 is 24.5 Å². The molecule has 1 spiro atoms. The molecular formula is C34H39BrClN3O5. The number of aryl methyl sites for hydroxylation is 1. The number of benzene rings is 2. The van der Waals surface area contributed by atoms with Crippen molar-refractivity contribution < 1.29 is 24.2 Å². The maximum atomic E-state index is 14.8. The number of nitrogens with zero attached hydrogens (tertiary/aromatic N) is 3. The lowest BCUT2D eigenvalue weighted by Gasteiger charge is -2.38. The van der Waals surface area contributed by atoms with E-state index in [2.05, 4.69) is 29.1 Å². The number of unbranched alkanes of at least 4 members (excludes halogenated alkanes) is 1. The number of para-hydroxylation sites is 1. The van der Waals surface area contributed by atoms with Crippen LogP contribution in [0.25, 0.3) is 0 Å². The molecule has 0 aliphatic carbocycles. The molecule has 234 valence electrons. The molecule has 44 heavy (non-hydrogen) atoms. The van der Waals surface area contributed by atoms with E-state index >= 15 is 0 Å². The van der Waals surface area contributed by atoms with Crippen LogP contribution in [0.5, 0.6) is 0 Å². The van der Waals surface area contributed by atoms with Gasteiger partial charge in [0.1, 0.15) is 11.6 Å². The standard InChI is InChI=1S/C34H39BrClN3O5/c1-4-16-37(21-23-13-7-6-8-14-23)31(41)26-27-32(42)39(18-9-10-19-40)30(34(27)20-24(35)29(26)44-34)33(43)38(17-5-2)28-22(3)12-11-15-25(28)36/h4-8,11-15,24,26-27,29-30,40H,1-2,9-10,16-21H2,3H3/t24?,26-,27+,29-,30?,34?/m1/s1. The van der Waals surface area contributed by atoms with Gasteiger partial charge in [0.25, 0.3) is 5.91 Å². The number of anilines is 1. The van der Waals surface area contributed by atoms with Crippen LogP contribution in [-0.4, -0.2) is 81.4 Å². The molecule has 0 saturated carbocycles. The fourth-order valence-electron chi connectivity index (χ4n) is 7.26. The van der Waals surface area contributed by atoms with Gasteiger partial charge in [0.2, 0.25) is 11.8 Å². The zero-order chi connectivity index (χ0) is 31.6. The first-order chi connectivity index (χ1) is 21.2. The number of amides is 3. The highest BCUT2D eigenvalue weighted by molar-refractivity contribution is 9.09. The van der Waals surface area contributed by atoms with Gasteiger partial charge in [-0.2, -0.15) is 0 Å². The Balaban J connectivity index is 1.57. The maximum Gasteiger partial charge on any atom is 0.253 e. The van der Waals surface area contributed by atoms with Gasteiger partial charge in [-0.05, 0) is 43.4 Å². The Hall–Kier alpha value is -2.98. The Bertz CT molecular complexity index is 1400. The Morgan fingerprint density at radius 3 is 2.50 bits per heavy atom. The third-order valence-electron chi connectivity index (χ3n) is 9.03. The van der Waals surface area contributed by atoms with Crippen molar-refractivity contribution in [2.75, 3.05) is 31.1 Å². The molecule has 2 aromatic rings. The second-order valence-electron chi connectivity index (χ2n) is 11.8. The number of aliphatic hydroxyl groups excluding tert-OH is 1. The Morgan fingerprint density at radius 2 is 1.84 bits per heavy atom. The van der Waals surface area contributed by atoms with Gasteiger partial charge in [-0.1, -0.05) is 82.1 Å². The van der Waals surface area contributed by atoms with E-state index in [0.29, 0.717) is 43.1 Å². The Labute approximate surface area is 272 Å². The molecule has 8 nitrogen and oxygen atoms in total. The van der Waals surface area contributed by atoms with Crippen LogP contribution in [0.4, 0.5) is 5.69 Å². The Morgan fingerprint density at radius 1 is 1.11 bits per heavy atom. The lowest BCUT2D eigenvalue weighted by atomic mass is 9.70. The first-order valence-electron chi connectivity index (χ1n) is 15.0. The van der Waals surface area contributed by atoms with Crippen LogP contribution in [0.3, 0.4) is 0 Å². The first kappa shape index (κ1) is 32.4. The average molecular weight is 685 g/mol. The number of rotatable bonds is 13. The van der Waals surface area contributed by atoms with E-state index in [1.807, 2.05) is 49.4 Å². The molecular weight excluding hydrogens is 646 g/mol. The number of ether oxygens (including phenoxy) is 1. The van der Waals surface area contributed by atoms with Crippen molar-refractivity contribution in [3.8, 4) is 0 Å². The smallest absolute Gasteiger partial charge is 0.253 e. The summed E-state index contributed by atoms with van der Waals surface area (Å²) in [5, 5.41) is 9.91. The van der Waals surface area contributed by atoms with Crippen LogP contribution in [0.15, 0.2) is 73.8 Å². The average Bonchev–Trinajstić information content (AvgIpc) is 3.59. The lowest BCUT2D eigenvalue weighted by molar-refractivity contribution is -0.145. The van der Waals surface area contributed by atoms with Crippen molar-refractivity contribution in [2.24, 2.45) is 11.8 Å². The highest BCUT2D eigenvalue weighted by Crippen LogP contribution is 2.60. The normalized spacial score (nSPS) is 26.9. The minimum absolute atomic E-state index is 0.0320. The number of carbonyl (C=O) groups is 3. The number of hydrogen-bond acceptors (Lipinski definition) is 5. The van der Waals surface area contributed by atoms with E-state index in [0.717, 1.165) is 11.1 Å². The van der Waals surface area contributed by atoms with Crippen molar-refractivity contribution in [1.82, 2.24) is 9.80 Å². The SMILES string of the molecule is C=CCN(Cc1ccccc1)C(=O)[C@H]1[C@@H]2OC3(CC2Br)C(C(=O)N(CC=C)c2c(C)cccc2Cl)N(CCCCO)C(=O)[C@H]13. The second kappa shape index (κ2) is 13.6. The highest BCUT2D eigenvalue weighted by Gasteiger charge is 2.76. The minimum atomic E-state index is -1.21. The number of likely N-dealkylation sites (tertiary alicyclic amines) is 1. The van der Waals surface area contributed by atoms with Gasteiger partial charge in [-0.25, -0.2) is 0 Å². The van der Waals surface area contributed by atoms with E-state index in [-0.39, 0.29) is 42.2 Å². The zero-order valence-electron chi connectivity index (χ0n) is 24.9. The van der Waals surface area contributed by atoms with Crippen LogP contribution >= 0.6 is 27.5 Å². The quantitative estimate of drug-likeness (QED) is 0.184. The number of fused-ring (bicyclic) bond motifs is 1. The van der Waals surface area contributed by atoms with E-state index in [1.165, 1.54) is 0 Å². The summed E-state index contributed by atoms with van der Waals surface area (Å²) >= 11 is 10.4. The van der Waals surface area contributed by atoms with Crippen molar-refractivity contribution in [2.45, 2.75) is 55.3 Å².